The van der Waals surface area contributed by atoms with Crippen molar-refractivity contribution in [3.05, 3.63) is 66.0 Å². The van der Waals surface area contributed by atoms with Gasteiger partial charge in [0.05, 0.1) is 5.75 Å². The normalized spacial score (nSPS) is 14.9. The summed E-state index contributed by atoms with van der Waals surface area (Å²) in [6.45, 7) is 4.48. The molecule has 4 rings (SSSR count). The summed E-state index contributed by atoms with van der Waals surface area (Å²) in [7, 11) is 1.83. The third kappa shape index (κ3) is 5.62. The standard InChI is InChI=1S/C23H25F2N5O2S/c1-16(32-20-9-5-18(25)6-10-20)22-26-27-23(28(22)2)33-15-21(31)30-13-11-29(12-14-30)19-7-3-17(24)4-8-19/h3-10,16H,11-15H2,1-2H3. The predicted molar refractivity (Wildman–Crippen MR) is 122 cm³/mol. The molecule has 3 aromatic rings. The van der Waals surface area contributed by atoms with Crippen molar-refractivity contribution < 1.29 is 18.3 Å². The van der Waals surface area contributed by atoms with E-state index in [-0.39, 0.29) is 23.3 Å². The van der Waals surface area contributed by atoms with Gasteiger partial charge in [0.2, 0.25) is 5.91 Å². The fourth-order valence-electron chi connectivity index (χ4n) is 3.66. The number of nitrogens with zero attached hydrogens (tertiary/aromatic N) is 5. The molecule has 2 heterocycles. The van der Waals surface area contributed by atoms with E-state index in [0.29, 0.717) is 42.9 Å². The lowest BCUT2D eigenvalue weighted by Gasteiger charge is -2.36. The van der Waals surface area contributed by atoms with Crippen molar-refractivity contribution >= 4 is 23.4 Å². The van der Waals surface area contributed by atoms with Crippen LogP contribution in [0.2, 0.25) is 0 Å². The van der Waals surface area contributed by atoms with Crippen LogP contribution in [0.25, 0.3) is 0 Å². The van der Waals surface area contributed by atoms with Crippen molar-refractivity contribution in [2.45, 2.75) is 18.2 Å². The molecule has 7 nitrogen and oxygen atoms in total. The molecular formula is C23H25F2N5O2S. The summed E-state index contributed by atoms with van der Waals surface area (Å²) in [5.41, 5.74) is 0.960. The average Bonchev–Trinajstić information content (AvgIpc) is 3.20. The van der Waals surface area contributed by atoms with E-state index in [1.54, 1.807) is 28.8 Å². The van der Waals surface area contributed by atoms with Crippen molar-refractivity contribution in [3.8, 4) is 5.75 Å². The smallest absolute Gasteiger partial charge is 0.233 e. The van der Waals surface area contributed by atoms with Crippen LogP contribution in [0.4, 0.5) is 14.5 Å². The predicted octanol–water partition coefficient (Wildman–Crippen LogP) is 3.67. The Morgan fingerprint density at radius 3 is 2.24 bits per heavy atom. The van der Waals surface area contributed by atoms with E-state index in [1.165, 1.54) is 36.0 Å². The molecule has 0 radical (unpaired) electrons. The number of anilines is 1. The Morgan fingerprint density at radius 2 is 1.61 bits per heavy atom. The van der Waals surface area contributed by atoms with Gasteiger partial charge in [0.1, 0.15) is 17.4 Å². The number of halogens is 2. The van der Waals surface area contributed by atoms with Crippen LogP contribution in [0.15, 0.2) is 53.7 Å². The second-order valence-corrected chi connectivity index (χ2v) is 8.69. The minimum absolute atomic E-state index is 0.0407. The molecular weight excluding hydrogens is 448 g/mol. The third-order valence-corrected chi connectivity index (χ3v) is 6.51. The van der Waals surface area contributed by atoms with E-state index >= 15 is 0 Å². The average molecular weight is 474 g/mol. The Labute approximate surface area is 195 Å². The number of ether oxygens (including phenoxy) is 1. The fourth-order valence-corrected chi connectivity index (χ4v) is 4.48. The first kappa shape index (κ1) is 23.0. The summed E-state index contributed by atoms with van der Waals surface area (Å²) in [5, 5.41) is 9.02. The van der Waals surface area contributed by atoms with Gasteiger partial charge in [-0.3, -0.25) is 4.79 Å². The molecule has 1 aliphatic rings. The van der Waals surface area contributed by atoms with E-state index in [4.69, 9.17) is 4.74 Å². The molecule has 33 heavy (non-hydrogen) atoms. The van der Waals surface area contributed by atoms with Crippen LogP contribution in [-0.2, 0) is 11.8 Å². The van der Waals surface area contributed by atoms with Gasteiger partial charge in [-0.05, 0) is 55.5 Å². The summed E-state index contributed by atoms with van der Waals surface area (Å²) in [6, 6.07) is 12.2. The number of carbonyl (C=O) groups excluding carboxylic acids is 1. The van der Waals surface area contributed by atoms with E-state index in [2.05, 4.69) is 15.1 Å². The fraction of sp³-hybridized carbons (Fsp3) is 0.348. The molecule has 1 aromatic heterocycles. The summed E-state index contributed by atoms with van der Waals surface area (Å²) < 4.78 is 33.8. The third-order valence-electron chi connectivity index (χ3n) is 5.51. The molecule has 1 aliphatic heterocycles. The van der Waals surface area contributed by atoms with Crippen LogP contribution in [0, 0.1) is 11.6 Å². The highest BCUT2D eigenvalue weighted by Gasteiger charge is 2.23. The summed E-state index contributed by atoms with van der Waals surface area (Å²) >= 11 is 1.33. The van der Waals surface area contributed by atoms with Crippen LogP contribution in [0.5, 0.6) is 5.75 Å². The summed E-state index contributed by atoms with van der Waals surface area (Å²) in [4.78, 5) is 16.7. The molecule has 1 fully saturated rings. The molecule has 1 amide bonds. The van der Waals surface area contributed by atoms with Crippen molar-refractivity contribution in [2.75, 3.05) is 36.8 Å². The minimum Gasteiger partial charge on any atom is -0.483 e. The molecule has 1 unspecified atom stereocenters. The van der Waals surface area contributed by atoms with E-state index < -0.39 is 6.10 Å². The van der Waals surface area contributed by atoms with Gasteiger partial charge in [-0.1, -0.05) is 11.8 Å². The first-order chi connectivity index (χ1) is 15.9. The summed E-state index contributed by atoms with van der Waals surface area (Å²) in [5.74, 6) is 0.870. The molecule has 0 bridgehead atoms. The number of amides is 1. The highest BCUT2D eigenvalue weighted by Crippen LogP contribution is 2.24. The van der Waals surface area contributed by atoms with E-state index in [1.807, 2.05) is 18.9 Å². The zero-order chi connectivity index (χ0) is 23.4. The van der Waals surface area contributed by atoms with Crippen LogP contribution in [0.1, 0.15) is 18.9 Å². The number of hydrogen-bond donors (Lipinski definition) is 0. The first-order valence-electron chi connectivity index (χ1n) is 10.6. The SMILES string of the molecule is CC(Oc1ccc(F)cc1)c1nnc(SCC(=O)N2CCN(c3ccc(F)cc3)CC2)n1C. The monoisotopic (exact) mass is 473 g/mol. The lowest BCUT2D eigenvalue weighted by atomic mass is 10.2. The molecule has 2 aromatic carbocycles. The van der Waals surface area contributed by atoms with Gasteiger partial charge in [-0.15, -0.1) is 10.2 Å². The maximum Gasteiger partial charge on any atom is 0.233 e. The lowest BCUT2D eigenvalue weighted by Crippen LogP contribution is -2.49. The number of piperazine rings is 1. The maximum atomic E-state index is 13.1. The maximum absolute atomic E-state index is 13.1. The highest BCUT2D eigenvalue weighted by atomic mass is 32.2. The number of hydrogen-bond acceptors (Lipinski definition) is 6. The Morgan fingerprint density at radius 1 is 1.00 bits per heavy atom. The molecule has 0 N–H and O–H groups in total. The van der Waals surface area contributed by atoms with Crippen LogP contribution in [0.3, 0.4) is 0 Å². The molecule has 0 spiro atoms. The van der Waals surface area contributed by atoms with Gasteiger partial charge >= 0.3 is 0 Å². The molecule has 1 saturated heterocycles. The molecule has 10 heteroatoms. The Hall–Kier alpha value is -3.14. The summed E-state index contributed by atoms with van der Waals surface area (Å²) in [6.07, 6.45) is -0.391. The Balaban J connectivity index is 1.28. The van der Waals surface area contributed by atoms with Gasteiger partial charge in [0.15, 0.2) is 17.1 Å². The molecule has 174 valence electrons. The Kier molecular flexibility index (Phi) is 7.12. The van der Waals surface area contributed by atoms with Crippen molar-refractivity contribution in [3.63, 3.8) is 0 Å². The number of carbonyl (C=O) groups is 1. The van der Waals surface area contributed by atoms with Crippen LogP contribution in [-0.4, -0.2) is 57.5 Å². The number of aromatic nitrogens is 3. The number of rotatable bonds is 7. The van der Waals surface area contributed by atoms with Crippen LogP contribution < -0.4 is 9.64 Å². The number of thioether (sulfide) groups is 1. The zero-order valence-corrected chi connectivity index (χ0v) is 19.3. The molecule has 1 atom stereocenters. The minimum atomic E-state index is -0.391. The quantitative estimate of drug-likeness (QED) is 0.488. The van der Waals surface area contributed by atoms with Crippen molar-refractivity contribution in [1.82, 2.24) is 19.7 Å². The van der Waals surface area contributed by atoms with Crippen molar-refractivity contribution in [2.24, 2.45) is 7.05 Å². The van der Waals surface area contributed by atoms with Gasteiger partial charge in [-0.25, -0.2) is 8.78 Å². The highest BCUT2D eigenvalue weighted by molar-refractivity contribution is 7.99. The zero-order valence-electron chi connectivity index (χ0n) is 18.4. The first-order valence-corrected chi connectivity index (χ1v) is 11.6. The second kappa shape index (κ2) is 10.2. The van der Waals surface area contributed by atoms with Gasteiger partial charge in [0.25, 0.3) is 0 Å². The van der Waals surface area contributed by atoms with E-state index in [9.17, 15) is 13.6 Å². The van der Waals surface area contributed by atoms with Crippen LogP contribution >= 0.6 is 11.8 Å². The van der Waals surface area contributed by atoms with Gasteiger partial charge < -0.3 is 19.1 Å². The lowest BCUT2D eigenvalue weighted by molar-refractivity contribution is -0.128. The molecule has 0 saturated carbocycles. The Bertz CT molecular complexity index is 1080. The van der Waals surface area contributed by atoms with E-state index in [0.717, 1.165) is 5.69 Å². The largest absolute Gasteiger partial charge is 0.483 e. The van der Waals surface area contributed by atoms with Crippen molar-refractivity contribution in [1.29, 1.82) is 0 Å². The van der Waals surface area contributed by atoms with Gasteiger partial charge in [0, 0.05) is 38.9 Å². The second-order valence-electron chi connectivity index (χ2n) is 7.75. The molecule has 0 aliphatic carbocycles. The van der Waals surface area contributed by atoms with Gasteiger partial charge in [-0.2, -0.15) is 0 Å². The topological polar surface area (TPSA) is 63.5 Å². The number of benzene rings is 2.